The Hall–Kier alpha value is -1.66. The van der Waals surface area contributed by atoms with E-state index in [-0.39, 0.29) is 30.3 Å². The van der Waals surface area contributed by atoms with Crippen molar-refractivity contribution in [2.24, 2.45) is 5.73 Å². The molecule has 2 aromatic rings. The van der Waals surface area contributed by atoms with E-state index in [4.69, 9.17) is 10.3 Å². The van der Waals surface area contributed by atoms with Gasteiger partial charge in [0.05, 0.1) is 16.6 Å². The highest BCUT2D eigenvalue weighted by atomic mass is 35.5. The molecule has 0 radical (unpaired) electrons. The maximum atomic E-state index is 12.8. The summed E-state index contributed by atoms with van der Waals surface area (Å²) in [5.74, 6) is 0.0545. The minimum absolute atomic E-state index is 0. The number of fused-ring (bicyclic) bond motifs is 1. The molecule has 6 nitrogen and oxygen atoms in total. The molecule has 0 aliphatic carbocycles. The summed E-state index contributed by atoms with van der Waals surface area (Å²) in [5, 5.41) is 7.66. The number of nitrogens with zero attached hydrogens (tertiary/aromatic N) is 2. The maximum Gasteiger partial charge on any atom is 0.259 e. The van der Waals surface area contributed by atoms with Crippen LogP contribution in [0.5, 0.6) is 0 Å². The minimum Gasteiger partial charge on any atom is -0.348 e. The van der Waals surface area contributed by atoms with Gasteiger partial charge in [-0.1, -0.05) is 38.8 Å². The lowest BCUT2D eigenvalue weighted by Gasteiger charge is -2.17. The summed E-state index contributed by atoms with van der Waals surface area (Å²) in [6.07, 6.45) is 3.00. The second-order valence-electron chi connectivity index (χ2n) is 6.25. The highest BCUT2D eigenvalue weighted by molar-refractivity contribution is 6.06. The summed E-state index contributed by atoms with van der Waals surface area (Å²) in [6, 6.07) is 1.81. The van der Waals surface area contributed by atoms with Crippen LogP contribution in [0.25, 0.3) is 11.1 Å². The molecule has 2 aromatic heterocycles. The molecule has 2 heterocycles. The zero-order valence-corrected chi connectivity index (χ0v) is 15.6. The van der Waals surface area contributed by atoms with E-state index in [0.29, 0.717) is 28.9 Å². The number of hydrogen-bond donors (Lipinski definition) is 2. The predicted molar refractivity (Wildman–Crippen MR) is 97.7 cm³/mol. The van der Waals surface area contributed by atoms with Gasteiger partial charge in [0.25, 0.3) is 11.6 Å². The van der Waals surface area contributed by atoms with Crippen LogP contribution in [0.1, 0.15) is 67.7 Å². The SMILES string of the molecule is CCCCC(CN)NC(=O)c1cc(C(C)C)nc2onc(C)c12.Cl. The van der Waals surface area contributed by atoms with Gasteiger partial charge in [0.15, 0.2) is 0 Å². The Balaban J connectivity index is 0.00000288. The molecule has 3 N–H and O–H groups in total. The van der Waals surface area contributed by atoms with Crippen LogP contribution < -0.4 is 11.1 Å². The number of halogens is 1. The largest absolute Gasteiger partial charge is 0.348 e. The summed E-state index contributed by atoms with van der Waals surface area (Å²) < 4.78 is 5.26. The summed E-state index contributed by atoms with van der Waals surface area (Å²) in [6.45, 7) is 8.43. The molecule has 0 aromatic carbocycles. The molecule has 1 atom stereocenters. The molecule has 2 rings (SSSR count). The molecular formula is C17H27ClN4O2. The molecule has 0 aliphatic rings. The van der Waals surface area contributed by atoms with Crippen LogP contribution in [0, 0.1) is 6.92 Å². The number of pyridine rings is 1. The minimum atomic E-state index is -0.142. The molecule has 0 saturated heterocycles. The van der Waals surface area contributed by atoms with Gasteiger partial charge in [-0.05, 0) is 25.3 Å². The van der Waals surface area contributed by atoms with Crippen molar-refractivity contribution < 1.29 is 9.32 Å². The second-order valence-corrected chi connectivity index (χ2v) is 6.25. The molecule has 0 spiro atoms. The molecule has 0 fully saturated rings. The third kappa shape index (κ3) is 4.45. The average molecular weight is 355 g/mol. The van der Waals surface area contributed by atoms with E-state index in [1.807, 2.05) is 26.8 Å². The van der Waals surface area contributed by atoms with Crippen molar-refractivity contribution in [3.05, 3.63) is 23.0 Å². The van der Waals surface area contributed by atoms with Crippen molar-refractivity contribution in [2.45, 2.75) is 58.9 Å². The van der Waals surface area contributed by atoms with Crippen LogP contribution in [-0.4, -0.2) is 28.6 Å². The Morgan fingerprint density at radius 1 is 1.42 bits per heavy atom. The quantitative estimate of drug-likeness (QED) is 0.795. The lowest BCUT2D eigenvalue weighted by Crippen LogP contribution is -2.40. The summed E-state index contributed by atoms with van der Waals surface area (Å²) in [4.78, 5) is 17.2. The van der Waals surface area contributed by atoms with E-state index in [9.17, 15) is 4.79 Å². The molecule has 7 heteroatoms. The van der Waals surface area contributed by atoms with E-state index in [1.165, 1.54) is 0 Å². The van der Waals surface area contributed by atoms with Gasteiger partial charge in [-0.15, -0.1) is 12.4 Å². The maximum absolute atomic E-state index is 12.8. The van der Waals surface area contributed by atoms with Gasteiger partial charge in [0, 0.05) is 18.3 Å². The van der Waals surface area contributed by atoms with Crippen LogP contribution in [-0.2, 0) is 0 Å². The number of nitrogens with one attached hydrogen (secondary N) is 1. The second kappa shape index (κ2) is 8.99. The van der Waals surface area contributed by atoms with Crippen molar-refractivity contribution in [2.75, 3.05) is 6.54 Å². The first-order valence-corrected chi connectivity index (χ1v) is 8.25. The normalized spacial score (nSPS) is 12.2. The van der Waals surface area contributed by atoms with E-state index >= 15 is 0 Å². The molecule has 134 valence electrons. The van der Waals surface area contributed by atoms with Crippen LogP contribution in [0.4, 0.5) is 0 Å². The number of carbonyl (C=O) groups excluding carboxylic acids is 1. The monoisotopic (exact) mass is 354 g/mol. The number of unbranched alkanes of at least 4 members (excludes halogenated alkanes) is 1. The van der Waals surface area contributed by atoms with Crippen molar-refractivity contribution in [1.82, 2.24) is 15.5 Å². The first kappa shape index (κ1) is 20.4. The van der Waals surface area contributed by atoms with Gasteiger partial charge in [-0.2, -0.15) is 0 Å². The zero-order valence-electron chi connectivity index (χ0n) is 14.8. The van der Waals surface area contributed by atoms with Gasteiger partial charge >= 0.3 is 0 Å². The van der Waals surface area contributed by atoms with Crippen LogP contribution in [0.3, 0.4) is 0 Å². The van der Waals surface area contributed by atoms with Gasteiger partial charge in [-0.25, -0.2) is 4.98 Å². The molecule has 0 bridgehead atoms. The van der Waals surface area contributed by atoms with Gasteiger partial charge in [0.2, 0.25) is 0 Å². The Bertz CT molecular complexity index is 685. The highest BCUT2D eigenvalue weighted by Crippen LogP contribution is 2.25. The molecule has 24 heavy (non-hydrogen) atoms. The molecular weight excluding hydrogens is 328 g/mol. The highest BCUT2D eigenvalue weighted by Gasteiger charge is 2.21. The van der Waals surface area contributed by atoms with Gasteiger partial charge < -0.3 is 15.6 Å². The van der Waals surface area contributed by atoms with E-state index in [2.05, 4.69) is 22.4 Å². The topological polar surface area (TPSA) is 94.0 Å². The Labute approximate surface area is 149 Å². The van der Waals surface area contributed by atoms with Crippen LogP contribution >= 0.6 is 12.4 Å². The lowest BCUT2D eigenvalue weighted by molar-refractivity contribution is 0.0937. The smallest absolute Gasteiger partial charge is 0.259 e. The molecule has 0 aliphatic heterocycles. The van der Waals surface area contributed by atoms with E-state index in [1.54, 1.807) is 0 Å². The van der Waals surface area contributed by atoms with Crippen LogP contribution in [0.15, 0.2) is 10.6 Å². The number of rotatable bonds is 7. The standard InChI is InChI=1S/C17H26N4O2.ClH/c1-5-6-7-12(9-18)19-16(22)13-8-14(10(2)3)20-17-15(13)11(4)21-23-17;/h8,10,12H,5-7,9,18H2,1-4H3,(H,19,22);1H. The van der Waals surface area contributed by atoms with Crippen LogP contribution in [0.2, 0.25) is 0 Å². The third-order valence-electron chi connectivity index (χ3n) is 4.00. The zero-order chi connectivity index (χ0) is 17.0. The van der Waals surface area contributed by atoms with Crippen molar-refractivity contribution in [1.29, 1.82) is 0 Å². The van der Waals surface area contributed by atoms with Gasteiger partial charge in [0.1, 0.15) is 0 Å². The van der Waals surface area contributed by atoms with Crippen molar-refractivity contribution in [3.63, 3.8) is 0 Å². The summed E-state index contributed by atoms with van der Waals surface area (Å²) in [5.41, 5.74) is 8.25. The molecule has 1 amide bonds. The number of aryl methyl sites for hydroxylation is 1. The lowest BCUT2D eigenvalue weighted by atomic mass is 10.0. The Morgan fingerprint density at radius 2 is 2.12 bits per heavy atom. The van der Waals surface area contributed by atoms with E-state index in [0.717, 1.165) is 25.0 Å². The number of hydrogen-bond acceptors (Lipinski definition) is 5. The Kier molecular flexibility index (Phi) is 7.63. The first-order valence-electron chi connectivity index (χ1n) is 8.25. The number of aromatic nitrogens is 2. The molecule has 0 saturated carbocycles. The molecule has 1 unspecified atom stereocenters. The number of nitrogens with two attached hydrogens (primary N) is 1. The predicted octanol–water partition coefficient (Wildman–Crippen LogP) is 3.32. The van der Waals surface area contributed by atoms with E-state index < -0.39 is 0 Å². The van der Waals surface area contributed by atoms with Crippen molar-refractivity contribution >= 4 is 29.4 Å². The first-order chi connectivity index (χ1) is 11.0. The fourth-order valence-corrected chi connectivity index (χ4v) is 2.55. The van der Waals surface area contributed by atoms with Crippen molar-refractivity contribution in [3.8, 4) is 0 Å². The summed E-state index contributed by atoms with van der Waals surface area (Å²) in [7, 11) is 0. The fraction of sp³-hybridized carbons (Fsp3) is 0.588. The summed E-state index contributed by atoms with van der Waals surface area (Å²) >= 11 is 0. The third-order valence-corrected chi connectivity index (χ3v) is 4.00. The van der Waals surface area contributed by atoms with Gasteiger partial charge in [-0.3, -0.25) is 4.79 Å². The number of amides is 1. The number of carbonyl (C=O) groups is 1. The average Bonchev–Trinajstić information content (AvgIpc) is 2.91. The Morgan fingerprint density at radius 3 is 2.71 bits per heavy atom. The fourth-order valence-electron chi connectivity index (χ4n) is 2.55.